The molecule has 0 amide bonds. The third-order valence-corrected chi connectivity index (χ3v) is 4.94. The van der Waals surface area contributed by atoms with E-state index in [-0.39, 0.29) is 0 Å². The Morgan fingerprint density at radius 1 is 1.22 bits per heavy atom. The van der Waals surface area contributed by atoms with Gasteiger partial charge in [0, 0.05) is 28.1 Å². The molecule has 1 saturated carbocycles. The topological polar surface area (TPSA) is 15.3 Å². The van der Waals surface area contributed by atoms with Gasteiger partial charge in [-0.1, -0.05) is 15.9 Å². The van der Waals surface area contributed by atoms with Gasteiger partial charge in [-0.05, 0) is 65.9 Å². The summed E-state index contributed by atoms with van der Waals surface area (Å²) in [5.41, 5.74) is 1.33. The van der Waals surface area contributed by atoms with Gasteiger partial charge in [-0.15, -0.1) is 0 Å². The molecule has 3 rings (SSSR count). The van der Waals surface area contributed by atoms with E-state index in [4.69, 9.17) is 0 Å². The van der Waals surface area contributed by atoms with E-state index >= 15 is 0 Å². The van der Waals surface area contributed by atoms with E-state index in [0.717, 1.165) is 16.4 Å². The molecule has 18 heavy (non-hydrogen) atoms. The fourth-order valence-corrected chi connectivity index (χ4v) is 3.87. The second-order valence-corrected chi connectivity index (χ2v) is 7.15. The lowest BCUT2D eigenvalue weighted by Gasteiger charge is -2.20. The number of nitrogens with one attached hydrogen (secondary N) is 1. The maximum Gasteiger partial charge on any atom is 0.0511 e. The Morgan fingerprint density at radius 3 is 2.78 bits per heavy atom. The summed E-state index contributed by atoms with van der Waals surface area (Å²) in [6, 6.07) is 7.28. The first-order valence-electron chi connectivity index (χ1n) is 6.66. The Balaban J connectivity index is 1.59. The summed E-state index contributed by atoms with van der Waals surface area (Å²) >= 11 is 7.17. The lowest BCUT2D eigenvalue weighted by molar-refractivity contribution is 0.515. The van der Waals surface area contributed by atoms with Crippen molar-refractivity contribution in [2.75, 3.05) is 24.5 Å². The number of benzene rings is 1. The van der Waals surface area contributed by atoms with Crippen LogP contribution in [0, 0.1) is 5.92 Å². The molecule has 98 valence electrons. The van der Waals surface area contributed by atoms with Crippen LogP contribution in [0.5, 0.6) is 0 Å². The van der Waals surface area contributed by atoms with Crippen molar-refractivity contribution in [2.24, 2.45) is 5.92 Å². The summed E-state index contributed by atoms with van der Waals surface area (Å²) in [6.45, 7) is 3.55. The van der Waals surface area contributed by atoms with Crippen LogP contribution in [0.3, 0.4) is 0 Å². The Labute approximate surface area is 125 Å². The highest BCUT2D eigenvalue weighted by atomic mass is 79.9. The zero-order valence-electron chi connectivity index (χ0n) is 10.3. The molecule has 4 heteroatoms. The summed E-state index contributed by atoms with van der Waals surface area (Å²) in [5, 5.41) is 3.65. The van der Waals surface area contributed by atoms with Crippen molar-refractivity contribution in [1.82, 2.24) is 5.32 Å². The van der Waals surface area contributed by atoms with Crippen LogP contribution in [0.15, 0.2) is 27.1 Å². The van der Waals surface area contributed by atoms with Crippen LogP contribution in [-0.2, 0) is 0 Å². The number of halogens is 2. The fourth-order valence-electron chi connectivity index (χ4n) is 2.58. The molecule has 2 nitrogen and oxygen atoms in total. The molecule has 0 radical (unpaired) electrons. The Morgan fingerprint density at radius 2 is 2.06 bits per heavy atom. The maximum absolute atomic E-state index is 3.66. The normalized spacial score (nSPS) is 23.7. The molecule has 1 aliphatic carbocycles. The van der Waals surface area contributed by atoms with E-state index in [0.29, 0.717) is 0 Å². The predicted octanol–water partition coefficient (Wildman–Crippen LogP) is 3.79. The summed E-state index contributed by atoms with van der Waals surface area (Å²) < 4.78 is 2.32. The summed E-state index contributed by atoms with van der Waals surface area (Å²) in [5.74, 6) is 0.807. The Kier molecular flexibility index (Phi) is 3.97. The highest BCUT2D eigenvalue weighted by molar-refractivity contribution is 9.11. The highest BCUT2D eigenvalue weighted by Crippen LogP contribution is 2.32. The van der Waals surface area contributed by atoms with E-state index in [9.17, 15) is 0 Å². The lowest BCUT2D eigenvalue weighted by atomic mass is 10.1. The quantitative estimate of drug-likeness (QED) is 0.863. The molecular weight excluding hydrogens is 356 g/mol. The van der Waals surface area contributed by atoms with Crippen LogP contribution in [-0.4, -0.2) is 25.7 Å². The molecule has 1 aromatic rings. The van der Waals surface area contributed by atoms with Crippen LogP contribution in [0.25, 0.3) is 0 Å². The molecular formula is C14H18Br2N2. The number of hydrogen-bond acceptors (Lipinski definition) is 2. The number of hydrogen-bond donors (Lipinski definition) is 1. The van der Waals surface area contributed by atoms with Gasteiger partial charge in [0.15, 0.2) is 0 Å². The molecule has 2 fully saturated rings. The first kappa shape index (κ1) is 12.9. The van der Waals surface area contributed by atoms with Gasteiger partial charge in [-0.25, -0.2) is 0 Å². The molecule has 1 unspecified atom stereocenters. The van der Waals surface area contributed by atoms with Crippen molar-refractivity contribution in [2.45, 2.75) is 25.3 Å². The molecule has 0 aromatic heterocycles. The molecule has 0 bridgehead atoms. The average molecular weight is 374 g/mol. The van der Waals surface area contributed by atoms with Crippen LogP contribution >= 0.6 is 31.9 Å². The number of rotatable bonds is 4. The standard InChI is InChI=1S/C14H18Br2N2/c15-11-1-4-14(13(16)7-11)18-6-5-10(9-18)8-17-12-2-3-12/h1,4,7,10,12,17H,2-3,5-6,8-9H2. The summed E-state index contributed by atoms with van der Waals surface area (Å²) in [4.78, 5) is 2.50. The maximum atomic E-state index is 3.66. The van der Waals surface area contributed by atoms with Crippen LogP contribution < -0.4 is 10.2 Å². The minimum absolute atomic E-state index is 0.807. The zero-order valence-corrected chi connectivity index (χ0v) is 13.5. The predicted molar refractivity (Wildman–Crippen MR) is 83.2 cm³/mol. The molecule has 0 spiro atoms. The van der Waals surface area contributed by atoms with Gasteiger partial charge in [0.05, 0.1) is 5.69 Å². The van der Waals surface area contributed by atoms with E-state index in [1.807, 2.05) is 0 Å². The SMILES string of the molecule is Brc1ccc(N2CCC(CNC3CC3)C2)c(Br)c1. The van der Waals surface area contributed by atoms with Crippen molar-refractivity contribution >= 4 is 37.5 Å². The van der Waals surface area contributed by atoms with Crippen molar-refractivity contribution < 1.29 is 0 Å². The van der Waals surface area contributed by atoms with E-state index in [2.05, 4.69) is 60.3 Å². The monoisotopic (exact) mass is 372 g/mol. The van der Waals surface area contributed by atoms with E-state index in [1.165, 1.54) is 49.1 Å². The summed E-state index contributed by atoms with van der Waals surface area (Å²) in [6.07, 6.45) is 4.08. The van der Waals surface area contributed by atoms with Crippen molar-refractivity contribution in [3.63, 3.8) is 0 Å². The number of nitrogens with zero attached hydrogens (tertiary/aromatic N) is 1. The third-order valence-electron chi connectivity index (χ3n) is 3.81. The molecule has 2 aliphatic rings. The molecule has 1 atom stereocenters. The second kappa shape index (κ2) is 5.51. The molecule has 1 heterocycles. The summed E-state index contributed by atoms with van der Waals surface area (Å²) in [7, 11) is 0. The van der Waals surface area contributed by atoms with E-state index in [1.54, 1.807) is 0 Å². The van der Waals surface area contributed by atoms with Crippen LogP contribution in [0.1, 0.15) is 19.3 Å². The van der Waals surface area contributed by atoms with Gasteiger partial charge in [-0.2, -0.15) is 0 Å². The second-order valence-electron chi connectivity index (χ2n) is 5.38. The highest BCUT2D eigenvalue weighted by Gasteiger charge is 2.26. The molecule has 1 N–H and O–H groups in total. The van der Waals surface area contributed by atoms with Crippen LogP contribution in [0.2, 0.25) is 0 Å². The largest absolute Gasteiger partial charge is 0.370 e. The van der Waals surface area contributed by atoms with Crippen molar-refractivity contribution in [1.29, 1.82) is 0 Å². The fraction of sp³-hybridized carbons (Fsp3) is 0.571. The van der Waals surface area contributed by atoms with Gasteiger partial charge in [0.2, 0.25) is 0 Å². The molecule has 1 aromatic carbocycles. The average Bonchev–Trinajstić information content (AvgIpc) is 3.05. The Bertz CT molecular complexity index is 432. The van der Waals surface area contributed by atoms with Crippen LogP contribution in [0.4, 0.5) is 5.69 Å². The van der Waals surface area contributed by atoms with Gasteiger partial charge in [0.25, 0.3) is 0 Å². The molecule has 1 aliphatic heterocycles. The van der Waals surface area contributed by atoms with Crippen molar-refractivity contribution in [3.05, 3.63) is 27.1 Å². The van der Waals surface area contributed by atoms with Gasteiger partial charge < -0.3 is 10.2 Å². The third kappa shape index (κ3) is 3.09. The van der Waals surface area contributed by atoms with Gasteiger partial charge >= 0.3 is 0 Å². The first-order valence-corrected chi connectivity index (χ1v) is 8.24. The Hall–Kier alpha value is -0.0600. The van der Waals surface area contributed by atoms with Gasteiger partial charge in [0.1, 0.15) is 0 Å². The number of anilines is 1. The molecule has 1 saturated heterocycles. The van der Waals surface area contributed by atoms with E-state index < -0.39 is 0 Å². The smallest absolute Gasteiger partial charge is 0.0511 e. The first-order chi connectivity index (χ1) is 8.72. The zero-order chi connectivity index (χ0) is 12.5. The lowest BCUT2D eigenvalue weighted by Crippen LogP contribution is -2.27. The minimum Gasteiger partial charge on any atom is -0.370 e. The van der Waals surface area contributed by atoms with Crippen molar-refractivity contribution in [3.8, 4) is 0 Å². The van der Waals surface area contributed by atoms with Gasteiger partial charge in [-0.3, -0.25) is 0 Å². The minimum atomic E-state index is 0.807.